The van der Waals surface area contributed by atoms with E-state index in [1.165, 1.54) is 10.9 Å². The Balaban J connectivity index is 1.19. The molecule has 4 heterocycles. The molecule has 0 aliphatic carbocycles. The van der Waals surface area contributed by atoms with Gasteiger partial charge >= 0.3 is 0 Å². The second-order valence-electron chi connectivity index (χ2n) is 14.4. The molecule has 266 valence electrons. The Morgan fingerprint density at radius 3 is 1.44 bits per heavy atom. The van der Waals surface area contributed by atoms with Crippen molar-refractivity contribution in [3.63, 3.8) is 0 Å². The number of fused-ring (bicyclic) bond motifs is 10. The summed E-state index contributed by atoms with van der Waals surface area (Å²) in [5.74, 6) is 1.79. The molecular weight excluding hydrogens is 699 g/mol. The first-order valence-corrected chi connectivity index (χ1v) is 19.1. The van der Waals surface area contributed by atoms with Gasteiger partial charge in [0.1, 0.15) is 11.2 Å². The third-order valence-electron chi connectivity index (χ3n) is 11.2. The monoisotopic (exact) mass is 729 g/mol. The van der Waals surface area contributed by atoms with Gasteiger partial charge in [-0.05, 0) is 53.6 Å². The Bertz CT molecular complexity index is 3450. The topological polar surface area (TPSA) is 61.7 Å². The van der Waals surface area contributed by atoms with Crippen LogP contribution in [-0.2, 0) is 0 Å². The maximum atomic E-state index is 6.44. The van der Waals surface area contributed by atoms with E-state index in [2.05, 4.69) is 137 Å². The summed E-state index contributed by atoms with van der Waals surface area (Å²) >= 11 is 0. The third-order valence-corrected chi connectivity index (χ3v) is 11.2. The molecule has 8 aromatic carbocycles. The summed E-state index contributed by atoms with van der Waals surface area (Å²) in [7, 11) is 0. The zero-order valence-electron chi connectivity index (χ0n) is 30.5. The minimum Gasteiger partial charge on any atom is -0.456 e. The molecule has 0 unspecified atom stereocenters. The fourth-order valence-electron chi connectivity index (χ4n) is 8.59. The summed E-state index contributed by atoms with van der Waals surface area (Å²) in [5.41, 5.74) is 11.2. The minimum absolute atomic E-state index is 0.558. The summed E-state index contributed by atoms with van der Waals surface area (Å²) < 4.78 is 11.1. The van der Waals surface area contributed by atoms with Gasteiger partial charge in [0.05, 0.1) is 22.1 Å². The van der Waals surface area contributed by atoms with Crippen LogP contribution in [0, 0.1) is 0 Å². The molecule has 12 rings (SSSR count). The highest BCUT2D eigenvalue weighted by atomic mass is 16.3. The number of nitrogens with zero attached hydrogens (tertiary/aromatic N) is 5. The van der Waals surface area contributed by atoms with Crippen molar-refractivity contribution >= 4 is 65.6 Å². The third kappa shape index (κ3) is 4.87. The molecule has 0 saturated heterocycles. The van der Waals surface area contributed by atoms with Crippen LogP contribution in [0.15, 0.2) is 192 Å². The van der Waals surface area contributed by atoms with Crippen LogP contribution < -0.4 is 0 Å². The van der Waals surface area contributed by atoms with E-state index >= 15 is 0 Å². The van der Waals surface area contributed by atoms with Gasteiger partial charge in [-0.15, -0.1) is 0 Å². The number of rotatable bonds is 5. The fourth-order valence-corrected chi connectivity index (χ4v) is 8.59. The number of hydrogen-bond donors (Lipinski definition) is 0. The zero-order valence-corrected chi connectivity index (χ0v) is 30.5. The van der Waals surface area contributed by atoms with Crippen LogP contribution in [0.4, 0.5) is 0 Å². The normalized spacial score (nSPS) is 11.9. The maximum absolute atomic E-state index is 6.44. The van der Waals surface area contributed by atoms with Crippen molar-refractivity contribution in [3.05, 3.63) is 188 Å². The van der Waals surface area contributed by atoms with Gasteiger partial charge in [0, 0.05) is 49.1 Å². The van der Waals surface area contributed by atoms with Gasteiger partial charge in [0.2, 0.25) is 5.95 Å². The lowest BCUT2D eigenvalue weighted by molar-refractivity contribution is 0.669. The molecule has 0 atom stereocenters. The Labute approximate surface area is 326 Å². The highest BCUT2D eigenvalue weighted by Gasteiger charge is 2.24. The van der Waals surface area contributed by atoms with E-state index in [0.717, 1.165) is 82.5 Å². The van der Waals surface area contributed by atoms with Gasteiger partial charge in [0.25, 0.3) is 0 Å². The first-order chi connectivity index (χ1) is 28.3. The molecule has 0 bridgehead atoms. The predicted molar refractivity (Wildman–Crippen MR) is 232 cm³/mol. The number of furan rings is 1. The smallest absolute Gasteiger partial charge is 0.238 e. The molecule has 0 amide bonds. The van der Waals surface area contributed by atoms with Crippen molar-refractivity contribution in [2.24, 2.45) is 0 Å². The first-order valence-electron chi connectivity index (χ1n) is 19.1. The molecule has 0 N–H and O–H groups in total. The summed E-state index contributed by atoms with van der Waals surface area (Å²) in [6.07, 6.45) is 0. The zero-order chi connectivity index (χ0) is 37.5. The van der Waals surface area contributed by atoms with Crippen molar-refractivity contribution in [2.45, 2.75) is 0 Å². The Kier molecular flexibility index (Phi) is 6.83. The molecule has 0 aliphatic heterocycles. The van der Waals surface area contributed by atoms with E-state index in [-0.39, 0.29) is 0 Å². The fraction of sp³-hybridized carbons (Fsp3) is 0. The van der Waals surface area contributed by atoms with Gasteiger partial charge in [-0.1, -0.05) is 146 Å². The van der Waals surface area contributed by atoms with Crippen molar-refractivity contribution in [1.82, 2.24) is 24.1 Å². The molecule has 6 nitrogen and oxygen atoms in total. The largest absolute Gasteiger partial charge is 0.456 e. The van der Waals surface area contributed by atoms with Gasteiger partial charge in [-0.2, -0.15) is 9.97 Å². The molecular formula is C51H31N5O. The SMILES string of the molecule is c1ccc(-c2ccc3oc4ccc(-n5c6ccccc6c6ccc7c8ccccc8n(-c8nc(-c9ccccc9)nc(-c9ccccc9)n8)c7c65)cc4c3c2)cc1. The molecule has 0 fully saturated rings. The standard InChI is InChI=1S/C51H31N5O/c1-4-14-32(15-5-1)35-24-28-45-41(30-35)42-31-36(25-29-46(42)57-45)55-43-22-12-10-20-37(43)39-26-27-40-38-21-11-13-23-44(38)56(48(40)47(39)55)51-53-49(33-16-6-2-7-17-33)52-50(54-51)34-18-8-3-9-19-34/h1-31H. The van der Waals surface area contributed by atoms with Crippen LogP contribution in [0.2, 0.25) is 0 Å². The molecule has 0 radical (unpaired) electrons. The Morgan fingerprint density at radius 2 is 0.825 bits per heavy atom. The predicted octanol–water partition coefficient (Wildman–Crippen LogP) is 13.0. The minimum atomic E-state index is 0.558. The van der Waals surface area contributed by atoms with E-state index in [0.29, 0.717) is 17.6 Å². The van der Waals surface area contributed by atoms with Crippen molar-refractivity contribution in [2.75, 3.05) is 0 Å². The average Bonchev–Trinajstić information content (AvgIpc) is 3.94. The van der Waals surface area contributed by atoms with Crippen molar-refractivity contribution in [3.8, 4) is 45.5 Å². The van der Waals surface area contributed by atoms with Crippen LogP contribution in [0.25, 0.3) is 111 Å². The lowest BCUT2D eigenvalue weighted by Crippen LogP contribution is -2.07. The molecule has 0 saturated carbocycles. The van der Waals surface area contributed by atoms with Crippen molar-refractivity contribution < 1.29 is 4.42 Å². The van der Waals surface area contributed by atoms with Gasteiger partial charge in [-0.3, -0.25) is 4.57 Å². The van der Waals surface area contributed by atoms with Crippen LogP contribution in [0.1, 0.15) is 0 Å². The highest BCUT2D eigenvalue weighted by molar-refractivity contribution is 6.24. The average molecular weight is 730 g/mol. The maximum Gasteiger partial charge on any atom is 0.238 e. The highest BCUT2D eigenvalue weighted by Crippen LogP contribution is 2.42. The number of benzene rings is 8. The molecule has 57 heavy (non-hydrogen) atoms. The van der Waals surface area contributed by atoms with Gasteiger partial charge < -0.3 is 8.98 Å². The van der Waals surface area contributed by atoms with Crippen LogP contribution in [0.3, 0.4) is 0 Å². The molecule has 4 aromatic heterocycles. The van der Waals surface area contributed by atoms with E-state index in [4.69, 9.17) is 19.4 Å². The lowest BCUT2D eigenvalue weighted by atomic mass is 10.0. The van der Waals surface area contributed by atoms with Crippen LogP contribution in [0.5, 0.6) is 0 Å². The summed E-state index contributed by atoms with van der Waals surface area (Å²) in [4.78, 5) is 15.5. The summed E-state index contributed by atoms with van der Waals surface area (Å²) in [5, 5.41) is 6.70. The Hall–Kier alpha value is -7.83. The van der Waals surface area contributed by atoms with Crippen LogP contribution in [-0.4, -0.2) is 24.1 Å². The molecule has 12 aromatic rings. The summed E-state index contributed by atoms with van der Waals surface area (Å²) in [6.45, 7) is 0. The van der Waals surface area contributed by atoms with E-state index in [9.17, 15) is 0 Å². The van der Waals surface area contributed by atoms with Crippen molar-refractivity contribution in [1.29, 1.82) is 0 Å². The molecule has 0 aliphatic rings. The second kappa shape index (κ2) is 12.3. The first kappa shape index (κ1) is 31.5. The number of para-hydroxylation sites is 2. The Morgan fingerprint density at radius 1 is 0.333 bits per heavy atom. The summed E-state index contributed by atoms with van der Waals surface area (Å²) in [6, 6.07) is 65.6. The van der Waals surface area contributed by atoms with E-state index < -0.39 is 0 Å². The molecule has 6 heteroatoms. The van der Waals surface area contributed by atoms with E-state index in [1.54, 1.807) is 0 Å². The number of aromatic nitrogens is 5. The van der Waals surface area contributed by atoms with Gasteiger partial charge in [0.15, 0.2) is 11.6 Å². The van der Waals surface area contributed by atoms with Gasteiger partial charge in [-0.25, -0.2) is 4.98 Å². The quantitative estimate of drug-likeness (QED) is 0.177. The second-order valence-corrected chi connectivity index (χ2v) is 14.4. The lowest BCUT2D eigenvalue weighted by Gasteiger charge is -2.13. The number of hydrogen-bond acceptors (Lipinski definition) is 4. The molecule has 0 spiro atoms. The van der Waals surface area contributed by atoms with E-state index in [1.807, 2.05) is 60.7 Å². The van der Waals surface area contributed by atoms with Crippen LogP contribution >= 0.6 is 0 Å².